The number of carbonyl (C=O) groups excluding carboxylic acids is 1. The molecule has 70 valence electrons. The molecule has 1 aliphatic heterocycles. The van der Waals surface area contributed by atoms with Crippen LogP contribution in [0, 0.1) is 5.41 Å². The van der Waals surface area contributed by atoms with Gasteiger partial charge in [-0.3, -0.25) is 15.4 Å². The van der Waals surface area contributed by atoms with Crippen molar-refractivity contribution in [3.05, 3.63) is 0 Å². The molecule has 0 radical (unpaired) electrons. The van der Waals surface area contributed by atoms with Gasteiger partial charge in [0.2, 0.25) is 0 Å². The summed E-state index contributed by atoms with van der Waals surface area (Å²) in [5.74, 6) is 0.252. The van der Waals surface area contributed by atoms with E-state index in [-0.39, 0.29) is 17.4 Å². The molecule has 1 rings (SSSR count). The molecule has 1 heterocycles. The smallest absolute Gasteiger partial charge is 0.169 e. The zero-order chi connectivity index (χ0) is 9.19. The summed E-state index contributed by atoms with van der Waals surface area (Å²) in [6, 6.07) is 0. The van der Waals surface area contributed by atoms with Crippen LogP contribution in [0.3, 0.4) is 0 Å². The Morgan fingerprint density at radius 1 is 1.25 bits per heavy atom. The van der Waals surface area contributed by atoms with Gasteiger partial charge in [-0.2, -0.15) is 0 Å². The van der Waals surface area contributed by atoms with Gasteiger partial charge < -0.3 is 0 Å². The second-order valence-corrected chi connectivity index (χ2v) is 4.31. The lowest BCUT2D eigenvalue weighted by Gasteiger charge is -2.29. The first kappa shape index (κ1) is 9.68. The normalized spacial score (nSPS) is 20.9. The van der Waals surface area contributed by atoms with E-state index in [2.05, 4.69) is 10.6 Å². The number of hydrogen-bond donors (Lipinski definition) is 2. The largest absolute Gasteiger partial charge is 0.296 e. The minimum atomic E-state index is -0.248. The third kappa shape index (κ3) is 2.29. The molecule has 2 N–H and O–H groups in total. The van der Waals surface area contributed by atoms with E-state index in [4.69, 9.17) is 0 Å². The van der Waals surface area contributed by atoms with E-state index in [1.807, 2.05) is 20.8 Å². The number of carbonyl (C=O) groups is 1. The highest BCUT2D eigenvalue weighted by atomic mass is 16.1. The van der Waals surface area contributed by atoms with E-state index in [9.17, 15) is 4.79 Å². The molecule has 12 heavy (non-hydrogen) atoms. The average molecular weight is 170 g/mol. The molecule has 0 amide bonds. The van der Waals surface area contributed by atoms with Crippen LogP contribution in [-0.4, -0.2) is 25.0 Å². The monoisotopic (exact) mass is 170 g/mol. The van der Waals surface area contributed by atoms with Crippen LogP contribution in [0.15, 0.2) is 0 Å². The van der Waals surface area contributed by atoms with E-state index in [0.717, 1.165) is 19.5 Å². The van der Waals surface area contributed by atoms with Crippen molar-refractivity contribution in [3.8, 4) is 0 Å². The number of ketones is 1. The zero-order valence-corrected chi connectivity index (χ0v) is 8.11. The molecule has 1 aliphatic rings. The number of hydrogen-bond acceptors (Lipinski definition) is 3. The Labute approximate surface area is 73.9 Å². The Bertz CT molecular complexity index is 166. The predicted octanol–water partition coefficient (Wildman–Crippen LogP) is 0.511. The highest BCUT2D eigenvalue weighted by Crippen LogP contribution is 2.16. The molecule has 0 aromatic carbocycles. The molecular weight excluding hydrogens is 152 g/mol. The fourth-order valence-electron chi connectivity index (χ4n) is 1.27. The molecular formula is C9H18N2O. The lowest BCUT2D eigenvalue weighted by molar-refractivity contribution is -0.129. The molecule has 0 unspecified atom stereocenters. The average Bonchev–Trinajstić information content (AvgIpc) is 2.03. The Balaban J connectivity index is 2.51. The minimum absolute atomic E-state index is 0.126. The number of Topliss-reactive ketones (excluding diaryl/α,β-unsaturated/α-hetero) is 1. The first-order valence-corrected chi connectivity index (χ1v) is 4.53. The van der Waals surface area contributed by atoms with Crippen LogP contribution in [-0.2, 0) is 4.79 Å². The summed E-state index contributed by atoms with van der Waals surface area (Å²) in [5, 5.41) is 6.33. The van der Waals surface area contributed by atoms with E-state index in [1.54, 1.807) is 0 Å². The lowest BCUT2D eigenvalue weighted by atomic mass is 9.88. The lowest BCUT2D eigenvalue weighted by Crippen LogP contribution is -2.56. The molecule has 0 atom stereocenters. The summed E-state index contributed by atoms with van der Waals surface area (Å²) in [6.45, 7) is 7.74. The highest BCUT2D eigenvalue weighted by Gasteiger charge is 2.29. The van der Waals surface area contributed by atoms with Gasteiger partial charge in [-0.15, -0.1) is 0 Å². The van der Waals surface area contributed by atoms with Crippen LogP contribution in [0.4, 0.5) is 0 Å². The van der Waals surface area contributed by atoms with Crippen LogP contribution < -0.4 is 10.6 Å². The SMILES string of the molecule is CC(C)(C)C(=O)C1NCCCN1. The van der Waals surface area contributed by atoms with Crippen LogP contribution in [0.25, 0.3) is 0 Å². The zero-order valence-electron chi connectivity index (χ0n) is 8.11. The molecule has 3 heteroatoms. The number of rotatable bonds is 1. The van der Waals surface area contributed by atoms with Crippen molar-refractivity contribution < 1.29 is 4.79 Å². The van der Waals surface area contributed by atoms with Crippen molar-refractivity contribution in [2.75, 3.05) is 13.1 Å². The Morgan fingerprint density at radius 2 is 1.75 bits per heavy atom. The standard InChI is InChI=1S/C9H18N2O/c1-9(2,3)7(12)8-10-5-4-6-11-8/h8,10-11H,4-6H2,1-3H3. The summed E-state index contributed by atoms with van der Waals surface area (Å²) >= 11 is 0. The third-order valence-corrected chi connectivity index (χ3v) is 2.05. The predicted molar refractivity (Wildman–Crippen MR) is 48.9 cm³/mol. The fraction of sp³-hybridized carbons (Fsp3) is 0.889. The van der Waals surface area contributed by atoms with Gasteiger partial charge in [0.25, 0.3) is 0 Å². The van der Waals surface area contributed by atoms with Crippen molar-refractivity contribution in [1.29, 1.82) is 0 Å². The van der Waals surface area contributed by atoms with E-state index in [0.29, 0.717) is 0 Å². The van der Waals surface area contributed by atoms with Gasteiger partial charge in [0, 0.05) is 5.41 Å². The fourth-order valence-corrected chi connectivity index (χ4v) is 1.27. The molecule has 1 fully saturated rings. The van der Waals surface area contributed by atoms with Gasteiger partial charge in [0.05, 0.1) is 0 Å². The van der Waals surface area contributed by atoms with Crippen molar-refractivity contribution in [3.63, 3.8) is 0 Å². The summed E-state index contributed by atoms with van der Waals surface area (Å²) in [5.41, 5.74) is -0.248. The quantitative estimate of drug-likeness (QED) is 0.602. The van der Waals surface area contributed by atoms with E-state index < -0.39 is 0 Å². The second-order valence-electron chi connectivity index (χ2n) is 4.31. The topological polar surface area (TPSA) is 41.1 Å². The van der Waals surface area contributed by atoms with Crippen molar-refractivity contribution in [2.45, 2.75) is 33.4 Å². The van der Waals surface area contributed by atoms with Crippen LogP contribution in [0.2, 0.25) is 0 Å². The van der Waals surface area contributed by atoms with Gasteiger partial charge in [-0.05, 0) is 19.5 Å². The second kappa shape index (κ2) is 3.54. The number of nitrogens with one attached hydrogen (secondary N) is 2. The maximum Gasteiger partial charge on any atom is 0.169 e. The van der Waals surface area contributed by atoms with Gasteiger partial charge in [-0.25, -0.2) is 0 Å². The van der Waals surface area contributed by atoms with Crippen molar-refractivity contribution in [1.82, 2.24) is 10.6 Å². The maximum atomic E-state index is 11.7. The summed E-state index contributed by atoms with van der Waals surface area (Å²) in [7, 11) is 0. The summed E-state index contributed by atoms with van der Waals surface area (Å²) < 4.78 is 0. The molecule has 1 saturated heterocycles. The highest BCUT2D eigenvalue weighted by molar-refractivity contribution is 5.88. The molecule has 0 spiro atoms. The first-order valence-electron chi connectivity index (χ1n) is 4.53. The molecule has 0 aromatic heterocycles. The van der Waals surface area contributed by atoms with Crippen LogP contribution in [0.1, 0.15) is 27.2 Å². The molecule has 0 bridgehead atoms. The molecule has 3 nitrogen and oxygen atoms in total. The molecule has 0 aliphatic carbocycles. The minimum Gasteiger partial charge on any atom is -0.296 e. The van der Waals surface area contributed by atoms with E-state index >= 15 is 0 Å². The maximum absolute atomic E-state index is 11.7. The van der Waals surface area contributed by atoms with E-state index in [1.165, 1.54) is 0 Å². The van der Waals surface area contributed by atoms with Crippen molar-refractivity contribution >= 4 is 5.78 Å². The van der Waals surface area contributed by atoms with Gasteiger partial charge in [0.15, 0.2) is 5.78 Å². The molecule has 0 aromatic rings. The Kier molecular flexibility index (Phi) is 2.85. The van der Waals surface area contributed by atoms with Crippen LogP contribution in [0.5, 0.6) is 0 Å². The first-order chi connectivity index (χ1) is 5.52. The van der Waals surface area contributed by atoms with Gasteiger partial charge >= 0.3 is 0 Å². The third-order valence-electron chi connectivity index (χ3n) is 2.05. The Hall–Kier alpha value is -0.410. The Morgan fingerprint density at radius 3 is 2.17 bits per heavy atom. The van der Waals surface area contributed by atoms with Crippen molar-refractivity contribution in [2.24, 2.45) is 5.41 Å². The summed E-state index contributed by atoms with van der Waals surface area (Å²) in [6.07, 6.45) is 0.979. The molecule has 0 saturated carbocycles. The van der Waals surface area contributed by atoms with Crippen LogP contribution >= 0.6 is 0 Å². The van der Waals surface area contributed by atoms with Gasteiger partial charge in [0.1, 0.15) is 6.17 Å². The summed E-state index contributed by atoms with van der Waals surface area (Å²) in [4.78, 5) is 11.7. The van der Waals surface area contributed by atoms with Gasteiger partial charge in [-0.1, -0.05) is 20.8 Å².